The van der Waals surface area contributed by atoms with Crippen molar-refractivity contribution in [3.05, 3.63) is 35.4 Å². The zero-order valence-electron chi connectivity index (χ0n) is 13.2. The average Bonchev–Trinajstić information content (AvgIpc) is 2.84. The van der Waals surface area contributed by atoms with Crippen LogP contribution in [0.25, 0.3) is 0 Å². The molecule has 1 heterocycles. The predicted molar refractivity (Wildman–Crippen MR) is 84.8 cm³/mol. The maximum Gasteiger partial charge on any atom is 0.333 e. The van der Waals surface area contributed by atoms with Gasteiger partial charge < -0.3 is 9.47 Å². The smallest absolute Gasteiger partial charge is 0.333 e. The normalized spacial score (nSPS) is 27.4. The minimum Gasteiger partial charge on any atom is -0.341 e. The van der Waals surface area contributed by atoms with Gasteiger partial charge in [0.1, 0.15) is 12.2 Å². The number of aryl methyl sites for hydroxylation is 1. The molecule has 7 heteroatoms. The van der Waals surface area contributed by atoms with E-state index in [1.54, 1.807) is 0 Å². The molecule has 2 fully saturated rings. The second-order valence-corrected chi connectivity index (χ2v) is 7.52. The summed E-state index contributed by atoms with van der Waals surface area (Å²) in [6, 6.07) is 7.88. The SMILES string of the molecule is Cc1ccccc1[C@@H]1OC2(CCCCC2)O[C@H]1COS(N)(=O)=O. The minimum atomic E-state index is -4.01. The molecule has 0 radical (unpaired) electrons. The van der Waals surface area contributed by atoms with Crippen LogP contribution in [0.4, 0.5) is 0 Å². The van der Waals surface area contributed by atoms with E-state index in [2.05, 4.69) is 0 Å². The van der Waals surface area contributed by atoms with Crippen LogP contribution in [0.1, 0.15) is 49.3 Å². The van der Waals surface area contributed by atoms with Gasteiger partial charge in [0.25, 0.3) is 0 Å². The first-order valence-corrected chi connectivity index (χ1v) is 9.44. The Kier molecular flexibility index (Phi) is 4.75. The van der Waals surface area contributed by atoms with E-state index < -0.39 is 22.2 Å². The van der Waals surface area contributed by atoms with Gasteiger partial charge >= 0.3 is 10.3 Å². The van der Waals surface area contributed by atoms with Crippen LogP contribution in [-0.4, -0.2) is 26.9 Å². The minimum absolute atomic E-state index is 0.139. The Morgan fingerprint density at radius 2 is 1.91 bits per heavy atom. The van der Waals surface area contributed by atoms with Crippen molar-refractivity contribution in [2.75, 3.05) is 6.61 Å². The molecule has 1 aliphatic heterocycles. The average molecular weight is 341 g/mol. The quantitative estimate of drug-likeness (QED) is 0.908. The molecule has 0 unspecified atom stereocenters. The number of hydrogen-bond donors (Lipinski definition) is 1. The van der Waals surface area contributed by atoms with Gasteiger partial charge in [-0.25, -0.2) is 5.14 Å². The molecule has 0 amide bonds. The number of rotatable bonds is 4. The lowest BCUT2D eigenvalue weighted by Crippen LogP contribution is -2.34. The van der Waals surface area contributed by atoms with Gasteiger partial charge in [-0.1, -0.05) is 30.7 Å². The highest BCUT2D eigenvalue weighted by atomic mass is 32.2. The Morgan fingerprint density at radius 1 is 1.22 bits per heavy atom. The largest absolute Gasteiger partial charge is 0.341 e. The summed E-state index contributed by atoms with van der Waals surface area (Å²) in [7, 11) is -4.01. The summed E-state index contributed by atoms with van der Waals surface area (Å²) in [5.41, 5.74) is 2.08. The predicted octanol–water partition coefficient (Wildman–Crippen LogP) is 2.33. The third-order valence-electron chi connectivity index (χ3n) is 4.55. The van der Waals surface area contributed by atoms with E-state index in [9.17, 15) is 8.42 Å². The van der Waals surface area contributed by atoms with Gasteiger partial charge in [0, 0.05) is 12.8 Å². The Bertz CT molecular complexity index is 654. The first-order chi connectivity index (χ1) is 10.9. The van der Waals surface area contributed by atoms with Crippen molar-refractivity contribution < 1.29 is 22.1 Å². The van der Waals surface area contributed by atoms with E-state index in [0.717, 1.165) is 36.8 Å². The van der Waals surface area contributed by atoms with Gasteiger partial charge in [0.05, 0.1) is 6.61 Å². The lowest BCUT2D eigenvalue weighted by molar-refractivity contribution is -0.196. The first-order valence-electron chi connectivity index (χ1n) is 7.97. The van der Waals surface area contributed by atoms with Crippen LogP contribution in [0.3, 0.4) is 0 Å². The van der Waals surface area contributed by atoms with E-state index in [1.165, 1.54) is 6.42 Å². The van der Waals surface area contributed by atoms with Crippen LogP contribution in [0.2, 0.25) is 0 Å². The zero-order chi connectivity index (χ0) is 16.5. The molecule has 1 aromatic rings. The summed E-state index contributed by atoms with van der Waals surface area (Å²) in [5, 5.41) is 4.95. The summed E-state index contributed by atoms with van der Waals surface area (Å²) in [6.07, 6.45) is 4.06. The van der Waals surface area contributed by atoms with Crippen LogP contribution < -0.4 is 5.14 Å². The highest BCUT2D eigenvalue weighted by molar-refractivity contribution is 7.84. The molecule has 128 valence electrons. The topological polar surface area (TPSA) is 87.8 Å². The van der Waals surface area contributed by atoms with Crippen molar-refractivity contribution >= 4 is 10.3 Å². The molecule has 1 spiro atoms. The lowest BCUT2D eigenvalue weighted by atomic mass is 9.94. The third-order valence-corrected chi connectivity index (χ3v) is 5.02. The Morgan fingerprint density at radius 3 is 2.57 bits per heavy atom. The zero-order valence-corrected chi connectivity index (χ0v) is 14.1. The molecule has 1 saturated heterocycles. The van der Waals surface area contributed by atoms with Crippen LogP contribution >= 0.6 is 0 Å². The van der Waals surface area contributed by atoms with Crippen molar-refractivity contribution in [2.45, 2.75) is 57.0 Å². The fourth-order valence-electron chi connectivity index (χ4n) is 3.45. The number of benzene rings is 1. The van der Waals surface area contributed by atoms with Gasteiger partial charge in [0.2, 0.25) is 0 Å². The third kappa shape index (κ3) is 3.92. The van der Waals surface area contributed by atoms with Crippen molar-refractivity contribution in [2.24, 2.45) is 5.14 Å². The molecular formula is C16H23NO5S. The summed E-state index contributed by atoms with van der Waals surface area (Å²) < 4.78 is 39.5. The van der Waals surface area contributed by atoms with E-state index >= 15 is 0 Å². The second kappa shape index (κ2) is 6.49. The number of hydrogen-bond acceptors (Lipinski definition) is 5. The summed E-state index contributed by atoms with van der Waals surface area (Å²) in [4.78, 5) is 0. The van der Waals surface area contributed by atoms with Crippen molar-refractivity contribution in [3.8, 4) is 0 Å². The molecule has 2 aliphatic rings. The molecule has 3 rings (SSSR count). The van der Waals surface area contributed by atoms with Crippen molar-refractivity contribution in [1.29, 1.82) is 0 Å². The van der Waals surface area contributed by atoms with E-state index in [1.807, 2.05) is 31.2 Å². The molecule has 0 aromatic heterocycles. The number of nitrogens with two attached hydrogens (primary N) is 1. The fourth-order valence-corrected chi connectivity index (χ4v) is 3.78. The monoisotopic (exact) mass is 341 g/mol. The van der Waals surface area contributed by atoms with Gasteiger partial charge in [-0.05, 0) is 30.9 Å². The van der Waals surface area contributed by atoms with Crippen molar-refractivity contribution in [1.82, 2.24) is 0 Å². The molecule has 1 aromatic carbocycles. The maximum absolute atomic E-state index is 11.1. The lowest BCUT2D eigenvalue weighted by Gasteiger charge is -2.32. The van der Waals surface area contributed by atoms with Gasteiger partial charge in [-0.3, -0.25) is 4.18 Å². The summed E-state index contributed by atoms with van der Waals surface area (Å²) >= 11 is 0. The van der Waals surface area contributed by atoms with Crippen LogP contribution in [0.15, 0.2) is 24.3 Å². The summed E-state index contributed by atoms with van der Waals surface area (Å²) in [6.45, 7) is 1.86. The van der Waals surface area contributed by atoms with Gasteiger partial charge in [-0.2, -0.15) is 8.42 Å². The molecular weight excluding hydrogens is 318 g/mol. The highest BCUT2D eigenvalue weighted by Gasteiger charge is 2.49. The van der Waals surface area contributed by atoms with Gasteiger partial charge in [-0.15, -0.1) is 0 Å². The van der Waals surface area contributed by atoms with Crippen LogP contribution in [0.5, 0.6) is 0 Å². The molecule has 1 saturated carbocycles. The van der Waals surface area contributed by atoms with Crippen LogP contribution in [-0.2, 0) is 24.0 Å². The molecule has 2 atom stereocenters. The molecule has 23 heavy (non-hydrogen) atoms. The standard InChI is InChI=1S/C16H23NO5S/c1-12-7-3-4-8-13(12)15-14(11-20-23(17,18)19)21-16(22-15)9-5-2-6-10-16/h3-4,7-8,14-15H,2,5-6,9-11H2,1H3,(H2,17,18,19)/t14-,15-/m0/s1. The van der Waals surface area contributed by atoms with Crippen molar-refractivity contribution in [3.63, 3.8) is 0 Å². The summed E-state index contributed by atoms with van der Waals surface area (Å²) in [5.74, 6) is -0.627. The molecule has 6 nitrogen and oxygen atoms in total. The molecule has 1 aliphatic carbocycles. The first kappa shape index (κ1) is 16.9. The maximum atomic E-state index is 11.1. The Balaban J connectivity index is 1.85. The fraction of sp³-hybridized carbons (Fsp3) is 0.625. The van der Waals surface area contributed by atoms with E-state index in [4.69, 9.17) is 18.8 Å². The number of ether oxygens (including phenoxy) is 2. The second-order valence-electron chi connectivity index (χ2n) is 6.30. The Hall–Kier alpha value is -0.990. The molecule has 2 N–H and O–H groups in total. The van der Waals surface area contributed by atoms with E-state index in [0.29, 0.717) is 0 Å². The Labute approximate surface area is 137 Å². The van der Waals surface area contributed by atoms with Gasteiger partial charge in [0.15, 0.2) is 5.79 Å². The van der Waals surface area contributed by atoms with Crippen LogP contribution in [0, 0.1) is 6.92 Å². The molecule has 0 bridgehead atoms. The highest BCUT2D eigenvalue weighted by Crippen LogP contribution is 2.46. The van der Waals surface area contributed by atoms with E-state index in [-0.39, 0.29) is 12.7 Å².